The molecule has 0 aliphatic rings. The number of fused-ring (bicyclic) bond motifs is 1. The molecule has 2 aromatic carbocycles. The predicted molar refractivity (Wildman–Crippen MR) is 117 cm³/mol. The molecule has 0 aliphatic carbocycles. The van der Waals surface area contributed by atoms with E-state index in [0.29, 0.717) is 22.0 Å². The molecule has 0 atom stereocenters. The summed E-state index contributed by atoms with van der Waals surface area (Å²) in [5.41, 5.74) is 3.95. The van der Waals surface area contributed by atoms with Gasteiger partial charge in [0.2, 0.25) is 0 Å². The third-order valence-corrected chi connectivity index (χ3v) is 12.2. The summed E-state index contributed by atoms with van der Waals surface area (Å²) in [5.74, 6) is 2.41. The van der Waals surface area contributed by atoms with Gasteiger partial charge in [0.25, 0.3) is 6.43 Å². The van der Waals surface area contributed by atoms with Crippen molar-refractivity contribution in [2.24, 2.45) is 0 Å². The van der Waals surface area contributed by atoms with Crippen LogP contribution in [-0.2, 0) is 0 Å². The van der Waals surface area contributed by atoms with Crippen LogP contribution in [0.15, 0.2) is 24.3 Å². The average Bonchev–Trinajstić information content (AvgIpc) is 2.61. The molecule has 2 nitrogen and oxygen atoms in total. The summed E-state index contributed by atoms with van der Waals surface area (Å²) in [6.45, 7) is 12.8. The number of halogens is 3. The van der Waals surface area contributed by atoms with Crippen molar-refractivity contribution in [3.8, 4) is 11.5 Å². The zero-order valence-corrected chi connectivity index (χ0v) is 18.7. The highest BCUT2D eigenvalue weighted by Crippen LogP contribution is 2.41. The van der Waals surface area contributed by atoms with Crippen LogP contribution in [0.3, 0.4) is 0 Å². The molecule has 0 heterocycles. The minimum atomic E-state index is -2.78. The van der Waals surface area contributed by atoms with E-state index in [1.165, 1.54) is 18.2 Å². The Morgan fingerprint density at radius 1 is 0.931 bits per heavy atom. The highest BCUT2D eigenvalue weighted by molar-refractivity contribution is 6.90. The number of hydrogen-bond acceptors (Lipinski definition) is 2. The Kier molecular flexibility index (Phi) is 7.26. The van der Waals surface area contributed by atoms with Crippen LogP contribution in [0.1, 0.15) is 59.1 Å². The molecule has 0 fully saturated rings. The van der Waals surface area contributed by atoms with Gasteiger partial charge in [0.1, 0.15) is 13.9 Å². The molecule has 7 heteroatoms. The molecule has 2 N–H and O–H groups in total. The van der Waals surface area contributed by atoms with E-state index in [0.717, 1.165) is 6.07 Å². The van der Waals surface area contributed by atoms with Crippen molar-refractivity contribution in [2.75, 3.05) is 0 Å². The first-order valence-corrected chi connectivity index (χ1v) is 12.1. The van der Waals surface area contributed by atoms with Crippen molar-refractivity contribution in [3.05, 3.63) is 41.2 Å². The van der Waals surface area contributed by atoms with Gasteiger partial charge in [-0.2, -0.15) is 0 Å². The van der Waals surface area contributed by atoms with Crippen LogP contribution >= 0.6 is 0 Å². The molecule has 2 aromatic rings. The van der Waals surface area contributed by atoms with Crippen molar-refractivity contribution in [1.82, 2.24) is 0 Å². The van der Waals surface area contributed by atoms with Gasteiger partial charge in [-0.1, -0.05) is 59.6 Å². The number of alkyl halides is 2. The van der Waals surface area contributed by atoms with Crippen LogP contribution in [0.5, 0.6) is 0 Å². The van der Waals surface area contributed by atoms with E-state index in [9.17, 15) is 23.2 Å². The maximum absolute atomic E-state index is 14.8. The first kappa shape index (κ1) is 23.5. The first-order valence-electron chi connectivity index (χ1n) is 9.86. The van der Waals surface area contributed by atoms with Gasteiger partial charge < -0.3 is 10.0 Å². The molecule has 0 aromatic heterocycles. The number of hydrogen-bond donors (Lipinski definition) is 2. The quantitative estimate of drug-likeness (QED) is 0.518. The fourth-order valence-electron chi connectivity index (χ4n) is 4.55. The molecule has 0 saturated heterocycles. The van der Waals surface area contributed by atoms with E-state index in [1.54, 1.807) is 0 Å². The minimum absolute atomic E-state index is 0.0326. The Morgan fingerprint density at radius 3 is 1.93 bits per heavy atom. The Bertz CT molecular complexity index is 925. The first-order chi connectivity index (χ1) is 13.4. The van der Waals surface area contributed by atoms with Gasteiger partial charge >= 0.3 is 7.12 Å². The second kappa shape index (κ2) is 8.95. The van der Waals surface area contributed by atoms with Crippen molar-refractivity contribution in [2.45, 2.75) is 64.6 Å². The maximum Gasteiger partial charge on any atom is 0.489 e. The van der Waals surface area contributed by atoms with Gasteiger partial charge in [-0.3, -0.25) is 0 Å². The van der Waals surface area contributed by atoms with Crippen LogP contribution in [0.25, 0.3) is 10.8 Å². The summed E-state index contributed by atoms with van der Waals surface area (Å²) in [4.78, 5) is 0. The summed E-state index contributed by atoms with van der Waals surface area (Å²) >= 11 is 0. The zero-order valence-electron chi connectivity index (χ0n) is 17.7. The van der Waals surface area contributed by atoms with Gasteiger partial charge in [-0.15, -0.1) is 5.54 Å². The number of benzene rings is 2. The predicted octanol–water partition coefficient (Wildman–Crippen LogP) is 5.17. The summed E-state index contributed by atoms with van der Waals surface area (Å²) in [5, 5.41) is 20.1. The summed E-state index contributed by atoms with van der Waals surface area (Å²) < 4.78 is 41.3. The van der Waals surface area contributed by atoms with Crippen LogP contribution in [0.2, 0.25) is 16.6 Å². The lowest BCUT2D eigenvalue weighted by atomic mass is 9.75. The molecule has 0 amide bonds. The lowest BCUT2D eigenvalue weighted by molar-refractivity contribution is 0.151. The van der Waals surface area contributed by atoms with E-state index >= 15 is 0 Å². The molecule has 2 rings (SSSR count). The third-order valence-electron chi connectivity index (χ3n) is 5.92. The lowest BCUT2D eigenvalue weighted by Crippen LogP contribution is -2.43. The Balaban J connectivity index is 2.87. The summed E-state index contributed by atoms with van der Waals surface area (Å²) in [7, 11) is -4.18. The second-order valence-electron chi connectivity index (χ2n) is 8.45. The Labute approximate surface area is 172 Å². The van der Waals surface area contributed by atoms with Crippen LogP contribution < -0.4 is 5.46 Å². The average molecular weight is 420 g/mol. The van der Waals surface area contributed by atoms with E-state index in [-0.39, 0.29) is 22.0 Å². The SMILES string of the molecule is CC(C)[Si](C#Cc1c(F)ccc2cc(C(F)F)cc(B(O)O)c12)(C(C)C)C(C)C. The molecule has 156 valence electrons. The second-order valence-corrected chi connectivity index (χ2v) is 14.0. The van der Waals surface area contributed by atoms with E-state index in [4.69, 9.17) is 0 Å². The zero-order chi connectivity index (χ0) is 22.1. The molecule has 0 saturated carbocycles. The number of rotatable bonds is 5. The third kappa shape index (κ3) is 4.40. The van der Waals surface area contributed by atoms with Crippen LogP contribution in [0, 0.1) is 17.3 Å². The molecular weight excluding hydrogens is 392 g/mol. The molecule has 0 bridgehead atoms. The van der Waals surface area contributed by atoms with Crippen LogP contribution in [0.4, 0.5) is 13.2 Å². The van der Waals surface area contributed by atoms with E-state index in [2.05, 4.69) is 53.0 Å². The fourth-order valence-corrected chi connectivity index (χ4v) is 9.76. The molecule has 0 spiro atoms. The van der Waals surface area contributed by atoms with Crippen molar-refractivity contribution in [3.63, 3.8) is 0 Å². The standard InChI is InChI=1S/C22H28BF3O2Si/c1-13(2)29(14(3)4,15(5)6)10-9-18-20(24)8-7-16-11-17(22(25)26)12-19(21(16)18)23(27)28/h7-8,11-15,22,27-28H,1-6H3. The van der Waals surface area contributed by atoms with Gasteiger partial charge in [0.15, 0.2) is 0 Å². The minimum Gasteiger partial charge on any atom is -0.423 e. The lowest BCUT2D eigenvalue weighted by Gasteiger charge is -2.38. The van der Waals surface area contributed by atoms with Crippen molar-refractivity contribution >= 4 is 31.4 Å². The summed E-state index contributed by atoms with van der Waals surface area (Å²) in [6.07, 6.45) is -2.78. The maximum atomic E-state index is 14.8. The van der Waals surface area contributed by atoms with Gasteiger partial charge in [0.05, 0.1) is 5.56 Å². The molecule has 0 radical (unpaired) electrons. The normalized spacial score (nSPS) is 12.2. The Hall–Kier alpha value is -1.75. The molecule has 0 unspecified atom stereocenters. The highest BCUT2D eigenvalue weighted by atomic mass is 28.3. The highest BCUT2D eigenvalue weighted by Gasteiger charge is 2.41. The Morgan fingerprint density at radius 2 is 1.48 bits per heavy atom. The largest absolute Gasteiger partial charge is 0.489 e. The topological polar surface area (TPSA) is 40.5 Å². The molecule has 0 aliphatic heterocycles. The fraction of sp³-hybridized carbons (Fsp3) is 0.455. The smallest absolute Gasteiger partial charge is 0.423 e. The summed E-state index contributed by atoms with van der Waals surface area (Å²) in [6, 6.07) is 4.82. The van der Waals surface area contributed by atoms with Gasteiger partial charge in [-0.05, 0) is 39.6 Å². The van der Waals surface area contributed by atoms with Gasteiger partial charge in [0, 0.05) is 10.9 Å². The monoisotopic (exact) mass is 420 g/mol. The van der Waals surface area contributed by atoms with Gasteiger partial charge in [-0.25, -0.2) is 13.2 Å². The van der Waals surface area contributed by atoms with E-state index in [1.807, 2.05) is 0 Å². The molecular formula is C22H28BF3O2Si. The van der Waals surface area contributed by atoms with Crippen molar-refractivity contribution < 1.29 is 23.2 Å². The van der Waals surface area contributed by atoms with E-state index < -0.39 is 27.4 Å². The van der Waals surface area contributed by atoms with Crippen LogP contribution in [-0.4, -0.2) is 25.2 Å². The molecule has 29 heavy (non-hydrogen) atoms. The van der Waals surface area contributed by atoms with Crippen molar-refractivity contribution in [1.29, 1.82) is 0 Å².